The van der Waals surface area contributed by atoms with E-state index in [9.17, 15) is 20.1 Å². The first kappa shape index (κ1) is 16.7. The summed E-state index contributed by atoms with van der Waals surface area (Å²) in [7, 11) is 1.48. The number of benzene rings is 1. The molecule has 4 N–H and O–H groups in total. The molecule has 0 spiro atoms. The van der Waals surface area contributed by atoms with E-state index in [1.165, 1.54) is 19.2 Å². The zero-order valence-electron chi connectivity index (χ0n) is 11.8. The molecule has 122 valence electrons. The summed E-state index contributed by atoms with van der Waals surface area (Å²) < 4.78 is 14.9. The van der Waals surface area contributed by atoms with E-state index in [4.69, 9.17) is 19.3 Å². The van der Waals surface area contributed by atoms with Crippen molar-refractivity contribution in [3.8, 4) is 5.75 Å². The maximum Gasteiger partial charge on any atom is 0.338 e. The molecule has 0 amide bonds. The van der Waals surface area contributed by atoms with Gasteiger partial charge >= 0.3 is 5.97 Å². The van der Waals surface area contributed by atoms with Crippen molar-refractivity contribution in [3.05, 3.63) is 29.8 Å². The average molecular weight is 314 g/mol. The van der Waals surface area contributed by atoms with Gasteiger partial charge in [0.05, 0.1) is 19.3 Å². The summed E-state index contributed by atoms with van der Waals surface area (Å²) in [6.07, 6.45) is -7.34. The van der Waals surface area contributed by atoms with Crippen molar-refractivity contribution in [2.45, 2.75) is 30.7 Å². The van der Waals surface area contributed by atoms with Crippen LogP contribution in [0.2, 0.25) is 0 Å². The molecule has 1 aliphatic rings. The topological polar surface area (TPSA) is 126 Å². The van der Waals surface area contributed by atoms with E-state index in [-0.39, 0.29) is 5.56 Å². The van der Waals surface area contributed by atoms with Gasteiger partial charge in [-0.05, 0) is 24.3 Å². The average Bonchev–Trinajstić information content (AvgIpc) is 2.54. The van der Waals surface area contributed by atoms with Gasteiger partial charge in [0.2, 0.25) is 0 Å². The summed E-state index contributed by atoms with van der Waals surface area (Å²) in [5.41, 5.74) is 0.180. The molecule has 0 aliphatic carbocycles. The van der Waals surface area contributed by atoms with Crippen LogP contribution in [-0.2, 0) is 9.47 Å². The zero-order valence-corrected chi connectivity index (χ0v) is 11.8. The summed E-state index contributed by atoms with van der Waals surface area (Å²) in [5.74, 6) is -0.247. The van der Waals surface area contributed by atoms with Crippen LogP contribution in [-0.4, -0.2) is 70.8 Å². The zero-order chi connectivity index (χ0) is 16.3. The quantitative estimate of drug-likeness (QED) is 0.503. The number of esters is 1. The van der Waals surface area contributed by atoms with Gasteiger partial charge in [0.1, 0.15) is 24.1 Å². The molecule has 0 radical (unpaired) electrons. The minimum absolute atomic E-state index is 0.180. The fourth-order valence-electron chi connectivity index (χ4n) is 2.12. The second-order valence-electron chi connectivity index (χ2n) is 4.83. The van der Waals surface area contributed by atoms with E-state index in [0.29, 0.717) is 5.75 Å². The summed E-state index contributed by atoms with van der Waals surface area (Å²) >= 11 is 0. The normalized spacial score (nSPS) is 31.6. The van der Waals surface area contributed by atoms with Gasteiger partial charge in [-0.1, -0.05) is 0 Å². The van der Waals surface area contributed by atoms with Gasteiger partial charge in [-0.25, -0.2) is 4.79 Å². The van der Waals surface area contributed by atoms with Crippen LogP contribution in [0.4, 0.5) is 0 Å². The SMILES string of the molecule is COc1ccc(C(=O)O[C@H]2[C@@H](O)[C@H](O)[C@@H](CO)O[C@H]2O)cc1. The molecule has 1 aromatic rings. The molecule has 2 rings (SSSR count). The Morgan fingerprint density at radius 3 is 2.36 bits per heavy atom. The maximum atomic E-state index is 12.0. The van der Waals surface area contributed by atoms with Crippen LogP contribution in [0.25, 0.3) is 0 Å². The Morgan fingerprint density at radius 1 is 1.18 bits per heavy atom. The first-order valence-corrected chi connectivity index (χ1v) is 6.63. The standard InChI is InChI=1S/C14H18O8/c1-20-8-4-2-7(3-5-8)13(18)22-12-11(17)10(16)9(6-15)21-14(12)19/h2-5,9-12,14-17,19H,6H2,1H3/t9-,10-,11+,12+,14-/m1/s1. The van der Waals surface area contributed by atoms with Gasteiger partial charge in [0.25, 0.3) is 0 Å². The minimum atomic E-state index is -1.65. The molecular weight excluding hydrogens is 296 g/mol. The van der Waals surface area contributed by atoms with E-state index in [1.807, 2.05) is 0 Å². The highest BCUT2D eigenvalue weighted by Crippen LogP contribution is 2.23. The second kappa shape index (κ2) is 7.03. The highest BCUT2D eigenvalue weighted by molar-refractivity contribution is 5.89. The van der Waals surface area contributed by atoms with Gasteiger partial charge in [0.15, 0.2) is 12.4 Å². The molecule has 1 saturated heterocycles. The predicted octanol–water partition coefficient (Wildman–Crippen LogP) is -1.35. The first-order valence-electron chi connectivity index (χ1n) is 6.63. The summed E-state index contributed by atoms with van der Waals surface area (Å²) in [6.45, 7) is -0.589. The third kappa shape index (κ3) is 3.37. The number of aliphatic hydroxyl groups is 4. The monoisotopic (exact) mass is 314 g/mol. The van der Waals surface area contributed by atoms with Gasteiger partial charge in [-0.2, -0.15) is 0 Å². The van der Waals surface area contributed by atoms with Crippen LogP contribution in [0.1, 0.15) is 10.4 Å². The van der Waals surface area contributed by atoms with Crippen molar-refractivity contribution in [3.63, 3.8) is 0 Å². The Morgan fingerprint density at radius 2 is 1.82 bits per heavy atom. The van der Waals surface area contributed by atoms with Crippen LogP contribution in [0, 0.1) is 0 Å². The molecule has 0 aromatic heterocycles. The van der Waals surface area contributed by atoms with E-state index >= 15 is 0 Å². The number of carbonyl (C=O) groups excluding carboxylic acids is 1. The molecule has 1 fully saturated rings. The second-order valence-corrected chi connectivity index (χ2v) is 4.83. The predicted molar refractivity (Wildman–Crippen MR) is 72.2 cm³/mol. The largest absolute Gasteiger partial charge is 0.497 e. The van der Waals surface area contributed by atoms with Crippen LogP contribution in [0.3, 0.4) is 0 Å². The third-order valence-electron chi connectivity index (χ3n) is 3.41. The first-order chi connectivity index (χ1) is 10.5. The molecule has 1 heterocycles. The molecule has 1 aromatic carbocycles. The van der Waals surface area contributed by atoms with Crippen molar-refractivity contribution in [2.24, 2.45) is 0 Å². The van der Waals surface area contributed by atoms with Crippen molar-refractivity contribution >= 4 is 5.97 Å². The Labute approximate surface area is 126 Å². The summed E-state index contributed by atoms with van der Waals surface area (Å²) in [5, 5.41) is 38.3. The third-order valence-corrected chi connectivity index (χ3v) is 3.41. The van der Waals surface area contributed by atoms with Gasteiger partial charge in [-0.15, -0.1) is 0 Å². The lowest BCUT2D eigenvalue weighted by molar-refractivity contribution is -0.285. The lowest BCUT2D eigenvalue weighted by Gasteiger charge is -2.39. The van der Waals surface area contributed by atoms with Crippen LogP contribution in [0.15, 0.2) is 24.3 Å². The Bertz CT molecular complexity index is 502. The molecule has 5 atom stereocenters. The van der Waals surface area contributed by atoms with E-state index in [0.717, 1.165) is 0 Å². The van der Waals surface area contributed by atoms with Gasteiger partial charge in [-0.3, -0.25) is 0 Å². The lowest BCUT2D eigenvalue weighted by atomic mass is 9.99. The molecule has 0 bridgehead atoms. The molecule has 8 nitrogen and oxygen atoms in total. The molecule has 0 saturated carbocycles. The Balaban J connectivity index is 2.06. The number of aliphatic hydroxyl groups excluding tert-OH is 4. The van der Waals surface area contributed by atoms with E-state index in [1.54, 1.807) is 12.1 Å². The van der Waals surface area contributed by atoms with Crippen LogP contribution in [0.5, 0.6) is 5.75 Å². The molecule has 22 heavy (non-hydrogen) atoms. The molecule has 0 unspecified atom stereocenters. The minimum Gasteiger partial charge on any atom is -0.497 e. The Hall–Kier alpha value is -1.71. The van der Waals surface area contributed by atoms with Crippen molar-refractivity contribution in [1.82, 2.24) is 0 Å². The maximum absolute atomic E-state index is 12.0. The highest BCUT2D eigenvalue weighted by Gasteiger charge is 2.45. The number of rotatable bonds is 4. The summed E-state index contributed by atoms with van der Waals surface area (Å²) in [4.78, 5) is 12.0. The van der Waals surface area contributed by atoms with Crippen LogP contribution >= 0.6 is 0 Å². The van der Waals surface area contributed by atoms with Crippen molar-refractivity contribution < 1.29 is 39.4 Å². The van der Waals surface area contributed by atoms with E-state index < -0.39 is 43.3 Å². The summed E-state index contributed by atoms with van der Waals surface area (Å²) in [6, 6.07) is 6.02. The fraction of sp³-hybridized carbons (Fsp3) is 0.500. The molecule has 1 aliphatic heterocycles. The van der Waals surface area contributed by atoms with Gasteiger partial charge in [0, 0.05) is 0 Å². The smallest absolute Gasteiger partial charge is 0.338 e. The van der Waals surface area contributed by atoms with Gasteiger partial charge < -0.3 is 34.6 Å². The van der Waals surface area contributed by atoms with E-state index in [2.05, 4.69) is 0 Å². The molecule has 8 heteroatoms. The highest BCUT2D eigenvalue weighted by atomic mass is 16.7. The van der Waals surface area contributed by atoms with Crippen LogP contribution < -0.4 is 4.74 Å². The van der Waals surface area contributed by atoms with Crippen molar-refractivity contribution in [1.29, 1.82) is 0 Å². The number of ether oxygens (including phenoxy) is 3. The Kier molecular flexibility index (Phi) is 5.33. The number of carbonyl (C=O) groups is 1. The fourth-order valence-corrected chi connectivity index (χ4v) is 2.12. The van der Waals surface area contributed by atoms with Crippen molar-refractivity contribution in [2.75, 3.05) is 13.7 Å². The lowest BCUT2D eigenvalue weighted by Crippen LogP contribution is -2.59. The number of hydrogen-bond donors (Lipinski definition) is 4. The number of hydrogen-bond acceptors (Lipinski definition) is 8. The number of methoxy groups -OCH3 is 1. The molecular formula is C14H18O8.